The molecule has 1 unspecified atom stereocenters. The van der Waals surface area contributed by atoms with Gasteiger partial charge in [-0.2, -0.15) is 13.2 Å². The van der Waals surface area contributed by atoms with Crippen LogP contribution in [-0.2, 0) is 15.3 Å². The molecule has 0 saturated carbocycles. The standard InChI is InChI=1S/C19H11F6NO3/c20-17(21)18(22,19(23,24)25)11-4-6-13(7-5-11)29-14-3-1-2-12(10-14)26-15(27)8-9-16(26)28/h1-10,17H. The van der Waals surface area contributed by atoms with Gasteiger partial charge in [-0.3, -0.25) is 9.59 Å². The zero-order valence-corrected chi connectivity index (χ0v) is 14.3. The molecule has 0 saturated heterocycles. The number of carbonyl (C=O) groups excluding carboxylic acids is 2. The first-order valence-electron chi connectivity index (χ1n) is 8.02. The van der Waals surface area contributed by atoms with E-state index in [0.717, 1.165) is 29.2 Å². The number of halogens is 6. The molecule has 0 spiro atoms. The highest BCUT2D eigenvalue weighted by atomic mass is 19.4. The lowest BCUT2D eigenvalue weighted by atomic mass is 9.95. The highest BCUT2D eigenvalue weighted by Gasteiger charge is 2.63. The van der Waals surface area contributed by atoms with Gasteiger partial charge in [-0.05, 0) is 24.3 Å². The van der Waals surface area contributed by atoms with Gasteiger partial charge in [-0.1, -0.05) is 18.2 Å². The van der Waals surface area contributed by atoms with Gasteiger partial charge in [0.2, 0.25) is 0 Å². The lowest BCUT2D eigenvalue weighted by Crippen LogP contribution is -2.44. The van der Waals surface area contributed by atoms with E-state index in [-0.39, 0.29) is 17.2 Å². The molecule has 0 aliphatic carbocycles. The first-order valence-corrected chi connectivity index (χ1v) is 8.02. The maximum absolute atomic E-state index is 14.0. The van der Waals surface area contributed by atoms with Crippen molar-refractivity contribution in [1.82, 2.24) is 0 Å². The lowest BCUT2D eigenvalue weighted by Gasteiger charge is -2.27. The Bertz CT molecular complexity index is 953. The maximum atomic E-state index is 14.0. The molecule has 0 fully saturated rings. The molecule has 1 aliphatic heterocycles. The van der Waals surface area contributed by atoms with Crippen LogP contribution < -0.4 is 9.64 Å². The van der Waals surface area contributed by atoms with Crippen molar-refractivity contribution in [3.63, 3.8) is 0 Å². The Kier molecular flexibility index (Phi) is 5.12. The van der Waals surface area contributed by atoms with E-state index in [2.05, 4.69) is 0 Å². The van der Waals surface area contributed by atoms with Gasteiger partial charge in [0.05, 0.1) is 5.69 Å². The Balaban J connectivity index is 1.83. The van der Waals surface area contributed by atoms with Crippen LogP contribution in [0.2, 0.25) is 0 Å². The zero-order chi connectivity index (χ0) is 21.4. The van der Waals surface area contributed by atoms with Crippen molar-refractivity contribution < 1.29 is 40.7 Å². The van der Waals surface area contributed by atoms with Gasteiger partial charge in [-0.25, -0.2) is 18.1 Å². The van der Waals surface area contributed by atoms with Crippen LogP contribution in [0.1, 0.15) is 5.56 Å². The molecule has 0 radical (unpaired) electrons. The summed E-state index contributed by atoms with van der Waals surface area (Å²) in [5.74, 6) is -1.08. The van der Waals surface area contributed by atoms with E-state index in [0.29, 0.717) is 12.1 Å². The molecule has 0 bridgehead atoms. The molecular formula is C19H11F6NO3. The normalized spacial score (nSPS) is 16.4. The molecule has 2 aromatic carbocycles. The van der Waals surface area contributed by atoms with Crippen molar-refractivity contribution in [3.8, 4) is 11.5 Å². The Hall–Kier alpha value is -3.30. The molecule has 29 heavy (non-hydrogen) atoms. The fourth-order valence-corrected chi connectivity index (χ4v) is 2.66. The molecule has 0 aromatic heterocycles. The number of nitrogens with zero attached hydrogens (tertiary/aromatic N) is 1. The number of hydrogen-bond donors (Lipinski definition) is 0. The van der Waals surface area contributed by atoms with Crippen LogP contribution in [0.4, 0.5) is 32.0 Å². The SMILES string of the molecule is O=C1C=CC(=O)N1c1cccc(Oc2ccc(C(F)(C(F)F)C(F)(F)F)cc2)c1. The molecule has 4 nitrogen and oxygen atoms in total. The van der Waals surface area contributed by atoms with E-state index < -0.39 is 35.6 Å². The van der Waals surface area contributed by atoms with Gasteiger partial charge in [0.15, 0.2) is 0 Å². The molecule has 2 aromatic rings. The van der Waals surface area contributed by atoms with E-state index >= 15 is 0 Å². The molecule has 2 amide bonds. The van der Waals surface area contributed by atoms with Gasteiger partial charge in [0.25, 0.3) is 23.9 Å². The molecule has 0 N–H and O–H groups in total. The topological polar surface area (TPSA) is 46.6 Å². The van der Waals surface area contributed by atoms with Crippen molar-refractivity contribution in [2.24, 2.45) is 0 Å². The number of hydrogen-bond acceptors (Lipinski definition) is 3. The monoisotopic (exact) mass is 415 g/mol. The lowest BCUT2D eigenvalue weighted by molar-refractivity contribution is -0.274. The first-order chi connectivity index (χ1) is 13.5. The molecule has 1 aliphatic rings. The van der Waals surface area contributed by atoms with Gasteiger partial charge in [-0.15, -0.1) is 0 Å². The van der Waals surface area contributed by atoms with Crippen LogP contribution in [0, 0.1) is 0 Å². The smallest absolute Gasteiger partial charge is 0.432 e. The summed E-state index contributed by atoms with van der Waals surface area (Å²) in [5.41, 5.74) is -5.88. The minimum Gasteiger partial charge on any atom is -0.457 e. The summed E-state index contributed by atoms with van der Waals surface area (Å²) in [6.45, 7) is 0. The number of ether oxygens (including phenoxy) is 1. The Morgan fingerprint density at radius 2 is 1.41 bits per heavy atom. The zero-order valence-electron chi connectivity index (χ0n) is 14.3. The third-order valence-electron chi connectivity index (χ3n) is 4.11. The second-order valence-corrected chi connectivity index (χ2v) is 5.98. The Morgan fingerprint density at radius 1 is 0.828 bits per heavy atom. The summed E-state index contributed by atoms with van der Waals surface area (Å²) in [6.07, 6.45) is -7.95. The van der Waals surface area contributed by atoms with E-state index in [9.17, 15) is 35.9 Å². The highest BCUT2D eigenvalue weighted by Crippen LogP contribution is 2.47. The third kappa shape index (κ3) is 3.69. The van der Waals surface area contributed by atoms with Crippen molar-refractivity contribution in [1.29, 1.82) is 0 Å². The van der Waals surface area contributed by atoms with Crippen molar-refractivity contribution in [2.45, 2.75) is 18.3 Å². The van der Waals surface area contributed by atoms with Crippen LogP contribution in [0.3, 0.4) is 0 Å². The van der Waals surface area contributed by atoms with E-state index in [1.54, 1.807) is 0 Å². The largest absolute Gasteiger partial charge is 0.457 e. The third-order valence-corrected chi connectivity index (χ3v) is 4.11. The highest BCUT2D eigenvalue weighted by molar-refractivity contribution is 6.28. The number of rotatable bonds is 5. The van der Waals surface area contributed by atoms with Gasteiger partial charge < -0.3 is 4.74 Å². The number of benzene rings is 2. The van der Waals surface area contributed by atoms with E-state index in [1.807, 2.05) is 0 Å². The minimum atomic E-state index is -5.80. The first kappa shape index (κ1) is 20.4. The second-order valence-electron chi connectivity index (χ2n) is 5.98. The number of carbonyl (C=O) groups is 2. The molecular weight excluding hydrogens is 404 g/mol. The summed E-state index contributed by atoms with van der Waals surface area (Å²) in [7, 11) is 0. The predicted molar refractivity (Wildman–Crippen MR) is 89.4 cm³/mol. The van der Waals surface area contributed by atoms with Crippen molar-refractivity contribution in [3.05, 3.63) is 66.2 Å². The van der Waals surface area contributed by atoms with Gasteiger partial charge in [0, 0.05) is 23.8 Å². The molecule has 3 rings (SSSR count). The number of amides is 2. The summed E-state index contributed by atoms with van der Waals surface area (Å²) in [6, 6.07) is 8.59. The summed E-state index contributed by atoms with van der Waals surface area (Å²) < 4.78 is 83.4. The van der Waals surface area contributed by atoms with Crippen LogP contribution >= 0.6 is 0 Å². The van der Waals surface area contributed by atoms with Crippen LogP contribution in [0.5, 0.6) is 11.5 Å². The van der Waals surface area contributed by atoms with Gasteiger partial charge >= 0.3 is 6.18 Å². The van der Waals surface area contributed by atoms with Crippen molar-refractivity contribution >= 4 is 17.5 Å². The van der Waals surface area contributed by atoms with Crippen LogP contribution in [-0.4, -0.2) is 24.4 Å². The summed E-state index contributed by atoms with van der Waals surface area (Å²) in [4.78, 5) is 24.3. The summed E-state index contributed by atoms with van der Waals surface area (Å²) in [5, 5.41) is 0. The average Bonchev–Trinajstić information content (AvgIpc) is 2.99. The van der Waals surface area contributed by atoms with E-state index in [1.165, 1.54) is 24.3 Å². The number of imide groups is 1. The Morgan fingerprint density at radius 3 is 1.93 bits per heavy atom. The average molecular weight is 415 g/mol. The quantitative estimate of drug-likeness (QED) is 0.516. The Labute approximate surface area is 160 Å². The van der Waals surface area contributed by atoms with Crippen LogP contribution in [0.25, 0.3) is 0 Å². The number of anilines is 1. The maximum Gasteiger partial charge on any atom is 0.432 e. The fraction of sp³-hybridized carbons (Fsp3) is 0.158. The van der Waals surface area contributed by atoms with Crippen LogP contribution in [0.15, 0.2) is 60.7 Å². The van der Waals surface area contributed by atoms with E-state index in [4.69, 9.17) is 4.74 Å². The van der Waals surface area contributed by atoms with Gasteiger partial charge in [0.1, 0.15) is 11.5 Å². The van der Waals surface area contributed by atoms with Crippen molar-refractivity contribution in [2.75, 3.05) is 4.90 Å². The minimum absolute atomic E-state index is 0.0677. The molecule has 10 heteroatoms. The second kappa shape index (κ2) is 7.26. The predicted octanol–water partition coefficient (Wildman–Crippen LogP) is 4.90. The fourth-order valence-electron chi connectivity index (χ4n) is 2.66. The molecule has 1 atom stereocenters. The summed E-state index contributed by atoms with van der Waals surface area (Å²) >= 11 is 0. The number of alkyl halides is 6. The molecule has 1 heterocycles. The molecule has 152 valence electrons.